The van der Waals surface area contributed by atoms with Crippen LogP contribution in [0.25, 0.3) is 11.3 Å². The predicted octanol–water partition coefficient (Wildman–Crippen LogP) is 2.76. The van der Waals surface area contributed by atoms with Crippen LogP contribution in [0.5, 0.6) is 0 Å². The average Bonchev–Trinajstić information content (AvgIpc) is 2.76. The van der Waals surface area contributed by atoms with Gasteiger partial charge in [-0.1, -0.05) is 28.1 Å². The predicted molar refractivity (Wildman–Crippen MR) is 67.1 cm³/mol. The van der Waals surface area contributed by atoms with Crippen molar-refractivity contribution in [1.82, 2.24) is 9.97 Å². The molecule has 82 valence electrons. The van der Waals surface area contributed by atoms with E-state index in [0.717, 1.165) is 22.4 Å². The Morgan fingerprint density at radius 1 is 1.50 bits per heavy atom. The summed E-state index contributed by atoms with van der Waals surface area (Å²) in [4.78, 5) is 7.88. The molecular weight excluding hydrogens is 266 g/mol. The van der Waals surface area contributed by atoms with Crippen LogP contribution in [-0.4, -0.2) is 9.97 Å². The number of fused-ring (bicyclic) bond motifs is 3. The molecule has 0 bridgehead atoms. The summed E-state index contributed by atoms with van der Waals surface area (Å²) >= 11 is 3.57. The molecule has 0 saturated carbocycles. The van der Waals surface area contributed by atoms with E-state index in [1.165, 1.54) is 16.8 Å². The molecule has 1 unspecified atom stereocenters. The quantitative estimate of drug-likeness (QED) is 0.719. The van der Waals surface area contributed by atoms with Gasteiger partial charge in [0.15, 0.2) is 0 Å². The minimum Gasteiger partial charge on any atom is -0.344 e. The van der Waals surface area contributed by atoms with Gasteiger partial charge in [-0.2, -0.15) is 0 Å². The molecule has 1 atom stereocenters. The van der Waals surface area contributed by atoms with Crippen molar-refractivity contribution in [2.75, 3.05) is 0 Å². The van der Waals surface area contributed by atoms with E-state index in [1.54, 1.807) is 0 Å². The Labute approximate surface area is 102 Å². The molecule has 0 fully saturated rings. The van der Waals surface area contributed by atoms with Crippen molar-refractivity contribution in [3.8, 4) is 11.3 Å². The monoisotopic (exact) mass is 277 g/mol. The topological polar surface area (TPSA) is 54.7 Å². The molecule has 0 saturated heterocycles. The number of nitrogens with one attached hydrogen (secondary N) is 1. The van der Waals surface area contributed by atoms with Crippen LogP contribution in [0.15, 0.2) is 22.7 Å². The first-order valence-electron chi connectivity index (χ1n) is 5.29. The fourth-order valence-corrected chi connectivity index (χ4v) is 2.64. The highest BCUT2D eigenvalue weighted by Crippen LogP contribution is 2.38. The maximum absolute atomic E-state index is 5.82. The summed E-state index contributed by atoms with van der Waals surface area (Å²) in [7, 11) is 0. The summed E-state index contributed by atoms with van der Waals surface area (Å²) in [6, 6.07) is 6.17. The third kappa shape index (κ3) is 1.33. The molecular formula is C12H12BrN3. The van der Waals surface area contributed by atoms with Crippen molar-refractivity contribution < 1.29 is 0 Å². The minimum absolute atomic E-state index is 0.0406. The van der Waals surface area contributed by atoms with E-state index < -0.39 is 0 Å². The fourth-order valence-electron chi connectivity index (χ4n) is 2.13. The van der Waals surface area contributed by atoms with Crippen LogP contribution in [-0.2, 0) is 6.42 Å². The standard InChI is InChI=1S/C12H12BrN3/c1-6(14)12-15-10-5-8-7(11(10)16-12)3-2-4-9(8)13/h2-4,6H,5,14H2,1H3,(H,15,16). The van der Waals surface area contributed by atoms with Crippen molar-refractivity contribution in [2.24, 2.45) is 5.73 Å². The number of imidazole rings is 1. The first-order valence-corrected chi connectivity index (χ1v) is 6.08. The fraction of sp³-hybridized carbons (Fsp3) is 0.250. The van der Waals surface area contributed by atoms with Crippen LogP contribution in [0.2, 0.25) is 0 Å². The SMILES string of the molecule is CC(N)c1nc2c([nH]1)Cc1c(Br)cccc1-2. The van der Waals surface area contributed by atoms with E-state index >= 15 is 0 Å². The normalized spacial score (nSPS) is 14.7. The van der Waals surface area contributed by atoms with E-state index in [2.05, 4.69) is 38.0 Å². The summed E-state index contributed by atoms with van der Waals surface area (Å²) in [5.74, 6) is 0.871. The van der Waals surface area contributed by atoms with Gasteiger partial charge in [0, 0.05) is 22.2 Å². The number of rotatable bonds is 1. The lowest BCUT2D eigenvalue weighted by Crippen LogP contribution is -2.07. The zero-order chi connectivity index (χ0) is 11.3. The number of H-pyrrole nitrogens is 1. The van der Waals surface area contributed by atoms with Crippen LogP contribution in [0.1, 0.15) is 30.0 Å². The molecule has 1 heterocycles. The first kappa shape index (κ1) is 10.1. The van der Waals surface area contributed by atoms with E-state index in [1.807, 2.05) is 13.0 Å². The van der Waals surface area contributed by atoms with Gasteiger partial charge in [-0.15, -0.1) is 0 Å². The number of benzene rings is 1. The van der Waals surface area contributed by atoms with E-state index in [-0.39, 0.29) is 6.04 Å². The number of nitrogens with zero attached hydrogens (tertiary/aromatic N) is 1. The first-order chi connectivity index (χ1) is 7.66. The Kier molecular flexibility index (Phi) is 2.16. The molecule has 0 spiro atoms. The molecule has 16 heavy (non-hydrogen) atoms. The highest BCUT2D eigenvalue weighted by Gasteiger charge is 2.24. The minimum atomic E-state index is -0.0406. The molecule has 1 aromatic heterocycles. The van der Waals surface area contributed by atoms with Gasteiger partial charge >= 0.3 is 0 Å². The van der Waals surface area contributed by atoms with Gasteiger partial charge in [-0.3, -0.25) is 0 Å². The summed E-state index contributed by atoms with van der Waals surface area (Å²) in [5, 5.41) is 0. The molecule has 4 heteroatoms. The molecule has 1 aliphatic carbocycles. The lowest BCUT2D eigenvalue weighted by atomic mass is 10.1. The highest BCUT2D eigenvalue weighted by molar-refractivity contribution is 9.10. The highest BCUT2D eigenvalue weighted by atomic mass is 79.9. The zero-order valence-corrected chi connectivity index (χ0v) is 10.5. The van der Waals surface area contributed by atoms with Gasteiger partial charge in [-0.05, 0) is 18.6 Å². The summed E-state index contributed by atoms with van der Waals surface area (Å²) in [6.07, 6.45) is 0.909. The molecule has 0 aliphatic heterocycles. The molecule has 2 aromatic rings. The van der Waals surface area contributed by atoms with Crippen LogP contribution < -0.4 is 5.73 Å². The van der Waals surface area contributed by atoms with Crippen molar-refractivity contribution in [3.05, 3.63) is 39.8 Å². The Bertz CT molecular complexity index is 557. The maximum atomic E-state index is 5.82. The Morgan fingerprint density at radius 3 is 3.06 bits per heavy atom. The summed E-state index contributed by atoms with van der Waals surface area (Å²) < 4.78 is 1.15. The number of nitrogens with two attached hydrogens (primary N) is 1. The van der Waals surface area contributed by atoms with E-state index in [0.29, 0.717) is 0 Å². The lowest BCUT2D eigenvalue weighted by molar-refractivity contribution is 0.752. The number of aromatic nitrogens is 2. The van der Waals surface area contributed by atoms with Crippen molar-refractivity contribution in [3.63, 3.8) is 0 Å². The second-order valence-corrected chi connectivity index (χ2v) is 5.03. The molecule has 3 nitrogen and oxygen atoms in total. The molecule has 1 aromatic carbocycles. The lowest BCUT2D eigenvalue weighted by Gasteiger charge is -2.03. The number of hydrogen-bond acceptors (Lipinski definition) is 2. The maximum Gasteiger partial charge on any atom is 0.123 e. The Morgan fingerprint density at radius 2 is 2.31 bits per heavy atom. The Balaban J connectivity index is 2.17. The third-order valence-electron chi connectivity index (χ3n) is 2.96. The molecule has 1 aliphatic rings. The van der Waals surface area contributed by atoms with Crippen LogP contribution >= 0.6 is 15.9 Å². The molecule has 3 rings (SSSR count). The van der Waals surface area contributed by atoms with Crippen molar-refractivity contribution in [2.45, 2.75) is 19.4 Å². The number of hydrogen-bond donors (Lipinski definition) is 2. The second-order valence-electron chi connectivity index (χ2n) is 4.18. The molecule has 3 N–H and O–H groups in total. The third-order valence-corrected chi connectivity index (χ3v) is 3.70. The van der Waals surface area contributed by atoms with Crippen molar-refractivity contribution >= 4 is 15.9 Å². The molecule has 0 radical (unpaired) electrons. The van der Waals surface area contributed by atoms with Gasteiger partial charge in [0.2, 0.25) is 0 Å². The smallest absolute Gasteiger partial charge is 0.123 e. The largest absolute Gasteiger partial charge is 0.344 e. The molecule has 0 amide bonds. The van der Waals surface area contributed by atoms with Gasteiger partial charge in [0.25, 0.3) is 0 Å². The van der Waals surface area contributed by atoms with Crippen LogP contribution in [0.4, 0.5) is 0 Å². The second kappa shape index (κ2) is 3.43. The summed E-state index contributed by atoms with van der Waals surface area (Å²) in [6.45, 7) is 1.94. The van der Waals surface area contributed by atoms with E-state index in [4.69, 9.17) is 5.73 Å². The van der Waals surface area contributed by atoms with E-state index in [9.17, 15) is 0 Å². The van der Waals surface area contributed by atoms with Gasteiger partial charge in [0.1, 0.15) is 5.82 Å². The zero-order valence-electron chi connectivity index (χ0n) is 8.92. The number of aromatic amines is 1. The van der Waals surface area contributed by atoms with Crippen LogP contribution in [0.3, 0.4) is 0 Å². The average molecular weight is 278 g/mol. The number of halogens is 1. The Hall–Kier alpha value is -1.13. The van der Waals surface area contributed by atoms with Gasteiger partial charge in [0.05, 0.1) is 11.7 Å². The van der Waals surface area contributed by atoms with Crippen LogP contribution in [0, 0.1) is 0 Å². The summed E-state index contributed by atoms with van der Waals surface area (Å²) in [5.41, 5.74) is 10.6. The van der Waals surface area contributed by atoms with Gasteiger partial charge < -0.3 is 10.7 Å². The van der Waals surface area contributed by atoms with Crippen molar-refractivity contribution in [1.29, 1.82) is 0 Å². The van der Waals surface area contributed by atoms with Gasteiger partial charge in [-0.25, -0.2) is 4.98 Å².